The first-order valence-electron chi connectivity index (χ1n) is 6.49. The maximum absolute atomic E-state index is 5.73. The van der Waals surface area contributed by atoms with E-state index in [4.69, 9.17) is 10.2 Å². The lowest BCUT2D eigenvalue weighted by Crippen LogP contribution is -1.81. The maximum atomic E-state index is 5.73. The lowest BCUT2D eigenvalue weighted by atomic mass is 10.3. The number of hydrogen-bond acceptors (Lipinski definition) is 5. The molecule has 104 valence electrons. The Morgan fingerprint density at radius 3 is 3.05 bits per heavy atom. The monoisotopic (exact) mass is 296 g/mol. The van der Waals surface area contributed by atoms with Crippen LogP contribution in [-0.2, 0) is 5.75 Å². The number of hydrogen-bond donors (Lipinski definition) is 1. The van der Waals surface area contributed by atoms with Crippen LogP contribution in [0.25, 0.3) is 16.7 Å². The van der Waals surface area contributed by atoms with E-state index >= 15 is 0 Å². The first kappa shape index (κ1) is 12.3. The number of oxazole rings is 1. The van der Waals surface area contributed by atoms with E-state index in [1.807, 2.05) is 47.1 Å². The third-order valence-electron chi connectivity index (χ3n) is 3.15. The summed E-state index contributed by atoms with van der Waals surface area (Å²) in [5, 5.41) is 0.632. The minimum atomic E-state index is 0.632. The summed E-state index contributed by atoms with van der Waals surface area (Å²) in [6.07, 6.45) is 4.00. The predicted octanol–water partition coefficient (Wildman–Crippen LogP) is 3.35. The standard InChI is InChI=1S/C15H12N4OS/c16-10-4-5-12-13(7-10)20-15(18-12)21-9-11-8-19-6-2-1-3-14(19)17-11/h1-8H,9,16H2. The van der Waals surface area contributed by atoms with Crippen LogP contribution in [0.3, 0.4) is 0 Å². The molecule has 4 rings (SSSR count). The Morgan fingerprint density at radius 1 is 1.19 bits per heavy atom. The number of thioether (sulfide) groups is 1. The summed E-state index contributed by atoms with van der Waals surface area (Å²) in [6, 6.07) is 11.4. The van der Waals surface area contributed by atoms with Crippen molar-refractivity contribution in [2.75, 3.05) is 5.73 Å². The largest absolute Gasteiger partial charge is 0.431 e. The zero-order valence-electron chi connectivity index (χ0n) is 11.1. The van der Waals surface area contributed by atoms with Crippen LogP contribution in [-0.4, -0.2) is 14.4 Å². The first-order chi connectivity index (χ1) is 10.3. The number of pyridine rings is 1. The van der Waals surface area contributed by atoms with E-state index in [9.17, 15) is 0 Å². The van der Waals surface area contributed by atoms with Gasteiger partial charge in [0.25, 0.3) is 5.22 Å². The first-order valence-corrected chi connectivity index (χ1v) is 7.48. The Bertz CT molecular complexity index is 895. The van der Waals surface area contributed by atoms with Gasteiger partial charge in [-0.3, -0.25) is 0 Å². The molecule has 21 heavy (non-hydrogen) atoms. The van der Waals surface area contributed by atoms with Gasteiger partial charge in [-0.2, -0.15) is 0 Å². The molecule has 0 radical (unpaired) electrons. The fourth-order valence-electron chi connectivity index (χ4n) is 2.17. The van der Waals surface area contributed by atoms with Gasteiger partial charge >= 0.3 is 0 Å². The Morgan fingerprint density at radius 2 is 2.14 bits per heavy atom. The van der Waals surface area contributed by atoms with Crippen molar-refractivity contribution in [3.63, 3.8) is 0 Å². The van der Waals surface area contributed by atoms with Gasteiger partial charge in [0.2, 0.25) is 0 Å². The Kier molecular flexibility index (Phi) is 2.82. The smallest absolute Gasteiger partial charge is 0.257 e. The van der Waals surface area contributed by atoms with E-state index in [1.54, 1.807) is 6.07 Å². The summed E-state index contributed by atoms with van der Waals surface area (Å²) in [5.41, 5.74) is 9.88. The minimum Gasteiger partial charge on any atom is -0.431 e. The molecule has 1 aromatic carbocycles. The van der Waals surface area contributed by atoms with E-state index in [1.165, 1.54) is 11.8 Å². The number of anilines is 1. The molecule has 3 heterocycles. The average Bonchev–Trinajstić information content (AvgIpc) is 3.07. The topological polar surface area (TPSA) is 69.3 Å². The molecule has 6 heteroatoms. The van der Waals surface area contributed by atoms with Crippen LogP contribution < -0.4 is 5.73 Å². The third-order valence-corrected chi connectivity index (χ3v) is 4.01. The highest BCUT2D eigenvalue weighted by atomic mass is 32.2. The van der Waals surface area contributed by atoms with E-state index in [0.29, 0.717) is 22.2 Å². The molecule has 0 saturated carbocycles. The summed E-state index contributed by atoms with van der Waals surface area (Å²) in [4.78, 5) is 8.98. The lowest BCUT2D eigenvalue weighted by Gasteiger charge is -1.91. The van der Waals surface area contributed by atoms with Crippen molar-refractivity contribution in [3.05, 3.63) is 54.5 Å². The minimum absolute atomic E-state index is 0.632. The molecular formula is C15H12N4OS. The highest BCUT2D eigenvalue weighted by molar-refractivity contribution is 7.98. The number of aromatic nitrogens is 3. The highest BCUT2D eigenvalue weighted by Gasteiger charge is 2.08. The van der Waals surface area contributed by atoms with Crippen LogP contribution in [0.1, 0.15) is 5.69 Å². The van der Waals surface area contributed by atoms with Gasteiger partial charge in [0.15, 0.2) is 5.58 Å². The predicted molar refractivity (Wildman–Crippen MR) is 83.2 cm³/mol. The maximum Gasteiger partial charge on any atom is 0.257 e. The summed E-state index contributed by atoms with van der Waals surface area (Å²) >= 11 is 1.53. The number of fused-ring (bicyclic) bond motifs is 2. The fourth-order valence-corrected chi connectivity index (χ4v) is 2.90. The second-order valence-electron chi connectivity index (χ2n) is 4.69. The number of nitrogen functional groups attached to an aromatic ring is 1. The normalized spacial score (nSPS) is 11.4. The molecule has 0 amide bonds. The zero-order chi connectivity index (χ0) is 14.2. The van der Waals surface area contributed by atoms with Gasteiger partial charge in [0.05, 0.1) is 5.69 Å². The van der Waals surface area contributed by atoms with E-state index in [2.05, 4.69) is 9.97 Å². The Labute approximate surface area is 124 Å². The molecule has 0 atom stereocenters. The van der Waals surface area contributed by atoms with Crippen molar-refractivity contribution in [1.82, 2.24) is 14.4 Å². The number of nitrogens with zero attached hydrogens (tertiary/aromatic N) is 3. The fraction of sp³-hybridized carbons (Fsp3) is 0.0667. The van der Waals surface area contributed by atoms with Crippen LogP contribution in [0.5, 0.6) is 0 Å². The molecular weight excluding hydrogens is 284 g/mol. The SMILES string of the molecule is Nc1ccc2nc(SCc3cn4ccccc4n3)oc2c1. The van der Waals surface area contributed by atoms with Gasteiger partial charge in [-0.25, -0.2) is 9.97 Å². The molecule has 3 aromatic heterocycles. The lowest BCUT2D eigenvalue weighted by molar-refractivity contribution is 0.489. The van der Waals surface area contributed by atoms with Crippen LogP contribution in [0.15, 0.2) is 58.4 Å². The molecule has 0 unspecified atom stereocenters. The molecule has 0 aliphatic heterocycles. The molecule has 2 N–H and O–H groups in total. The van der Waals surface area contributed by atoms with Crippen molar-refractivity contribution >= 4 is 34.2 Å². The molecule has 0 fully saturated rings. The number of rotatable bonds is 3. The van der Waals surface area contributed by atoms with Crippen molar-refractivity contribution in [3.8, 4) is 0 Å². The van der Waals surface area contributed by atoms with Gasteiger partial charge in [-0.15, -0.1) is 0 Å². The molecule has 0 spiro atoms. The summed E-state index contributed by atoms with van der Waals surface area (Å²) in [5.74, 6) is 0.712. The molecule has 5 nitrogen and oxygen atoms in total. The van der Waals surface area contributed by atoms with Gasteiger partial charge < -0.3 is 14.6 Å². The van der Waals surface area contributed by atoms with E-state index in [-0.39, 0.29) is 0 Å². The van der Waals surface area contributed by atoms with Crippen LogP contribution in [0.2, 0.25) is 0 Å². The quantitative estimate of drug-likeness (QED) is 0.464. The summed E-state index contributed by atoms with van der Waals surface area (Å²) < 4.78 is 7.68. The van der Waals surface area contributed by atoms with Crippen LogP contribution in [0, 0.1) is 0 Å². The second-order valence-corrected chi connectivity index (χ2v) is 5.62. The van der Waals surface area contributed by atoms with Crippen LogP contribution in [0.4, 0.5) is 5.69 Å². The van der Waals surface area contributed by atoms with Gasteiger partial charge in [-0.05, 0) is 24.3 Å². The molecule has 0 bridgehead atoms. The Hall–Kier alpha value is -2.47. The van der Waals surface area contributed by atoms with Crippen molar-refractivity contribution in [2.24, 2.45) is 0 Å². The zero-order valence-corrected chi connectivity index (χ0v) is 11.9. The number of benzene rings is 1. The van der Waals surface area contributed by atoms with Gasteiger partial charge in [-0.1, -0.05) is 17.8 Å². The molecule has 4 aromatic rings. The molecule has 0 saturated heterocycles. The van der Waals surface area contributed by atoms with Gasteiger partial charge in [0.1, 0.15) is 11.2 Å². The number of imidazole rings is 1. The molecule has 0 aliphatic carbocycles. The van der Waals surface area contributed by atoms with Crippen molar-refractivity contribution in [1.29, 1.82) is 0 Å². The average molecular weight is 296 g/mol. The number of nitrogens with two attached hydrogens (primary N) is 1. The highest BCUT2D eigenvalue weighted by Crippen LogP contribution is 2.27. The van der Waals surface area contributed by atoms with E-state index < -0.39 is 0 Å². The van der Waals surface area contributed by atoms with Crippen LogP contribution >= 0.6 is 11.8 Å². The molecule has 0 aliphatic rings. The van der Waals surface area contributed by atoms with E-state index in [0.717, 1.165) is 16.9 Å². The summed E-state index contributed by atoms with van der Waals surface area (Å²) in [6.45, 7) is 0. The Balaban J connectivity index is 1.57. The third kappa shape index (κ3) is 2.34. The van der Waals surface area contributed by atoms with Crippen molar-refractivity contribution < 1.29 is 4.42 Å². The summed E-state index contributed by atoms with van der Waals surface area (Å²) in [7, 11) is 0. The second kappa shape index (κ2) is 4.82. The van der Waals surface area contributed by atoms with Crippen molar-refractivity contribution in [2.45, 2.75) is 11.0 Å². The van der Waals surface area contributed by atoms with Gasteiger partial charge in [0, 0.05) is 29.9 Å².